The molecular formula is C14H11Cl2N3O2S2. The van der Waals surface area contributed by atoms with Crippen LogP contribution in [0, 0.1) is 0 Å². The number of amidine groups is 1. The molecule has 0 bridgehead atoms. The van der Waals surface area contributed by atoms with Gasteiger partial charge in [-0.05, 0) is 60.5 Å². The lowest BCUT2D eigenvalue weighted by Gasteiger charge is -2.05. The van der Waals surface area contributed by atoms with E-state index in [9.17, 15) is 4.79 Å². The Morgan fingerprint density at radius 3 is 2.09 bits per heavy atom. The van der Waals surface area contributed by atoms with Crippen molar-refractivity contribution in [3.8, 4) is 0 Å². The molecule has 0 spiro atoms. The number of carbonyl (C=O) groups is 1. The van der Waals surface area contributed by atoms with Gasteiger partial charge in [-0.1, -0.05) is 23.2 Å². The van der Waals surface area contributed by atoms with E-state index in [4.69, 9.17) is 33.7 Å². The molecule has 0 unspecified atom stereocenters. The second kappa shape index (κ2) is 8.93. The highest BCUT2D eigenvalue weighted by atomic mass is 35.5. The molecule has 0 fully saturated rings. The van der Waals surface area contributed by atoms with Gasteiger partial charge in [0, 0.05) is 31.8 Å². The summed E-state index contributed by atoms with van der Waals surface area (Å²) >= 11 is 13.7. The van der Waals surface area contributed by atoms with Crippen LogP contribution in [-0.2, 0) is 4.74 Å². The van der Waals surface area contributed by atoms with Crippen molar-refractivity contribution in [1.29, 1.82) is 0 Å². The first-order chi connectivity index (χ1) is 11.0. The Morgan fingerprint density at radius 2 is 1.52 bits per heavy atom. The van der Waals surface area contributed by atoms with Crippen LogP contribution in [0.5, 0.6) is 0 Å². The van der Waals surface area contributed by atoms with Crippen molar-refractivity contribution in [3.63, 3.8) is 0 Å². The van der Waals surface area contributed by atoms with E-state index in [-0.39, 0.29) is 6.02 Å². The van der Waals surface area contributed by atoms with Gasteiger partial charge in [0.05, 0.1) is 0 Å². The number of hydrogen-bond donors (Lipinski definition) is 2. The second-order valence-electron chi connectivity index (χ2n) is 4.02. The van der Waals surface area contributed by atoms with E-state index in [1.165, 1.54) is 0 Å². The molecule has 2 rings (SSSR count). The van der Waals surface area contributed by atoms with Crippen LogP contribution in [0.2, 0.25) is 10.0 Å². The Hall–Kier alpha value is -1.54. The number of hydrogen-bond acceptors (Lipinski definition) is 5. The summed E-state index contributed by atoms with van der Waals surface area (Å²) in [6.45, 7) is 0. The van der Waals surface area contributed by atoms with E-state index in [0.29, 0.717) is 10.0 Å². The molecule has 0 atom stereocenters. The average molecular weight is 388 g/mol. The van der Waals surface area contributed by atoms with Gasteiger partial charge in [-0.2, -0.15) is 4.40 Å². The van der Waals surface area contributed by atoms with Crippen molar-refractivity contribution in [1.82, 2.24) is 4.72 Å². The minimum atomic E-state index is -0.720. The largest absolute Gasteiger partial charge is 0.425 e. The smallest absolute Gasteiger partial charge is 0.375 e. The molecule has 0 aromatic heterocycles. The monoisotopic (exact) mass is 387 g/mol. The zero-order valence-corrected chi connectivity index (χ0v) is 14.7. The molecule has 2 aromatic carbocycles. The first-order valence-corrected chi connectivity index (χ1v) is 8.54. The van der Waals surface area contributed by atoms with Crippen LogP contribution in [0.4, 0.5) is 4.79 Å². The Kier molecular flexibility index (Phi) is 6.91. The SMILES string of the molecule is N/C(=N\Sc1ccc(Cl)cc1)OC(=O)NSc1ccc(Cl)cc1. The van der Waals surface area contributed by atoms with Crippen LogP contribution in [0.25, 0.3) is 0 Å². The molecule has 3 N–H and O–H groups in total. The first kappa shape index (κ1) is 17.8. The molecule has 0 saturated carbocycles. The van der Waals surface area contributed by atoms with Crippen LogP contribution < -0.4 is 10.5 Å². The summed E-state index contributed by atoms with van der Waals surface area (Å²) in [7, 11) is 0. The summed E-state index contributed by atoms with van der Waals surface area (Å²) in [4.78, 5) is 13.2. The average Bonchev–Trinajstić information content (AvgIpc) is 2.54. The fourth-order valence-corrected chi connectivity index (χ4v) is 2.59. The van der Waals surface area contributed by atoms with E-state index in [1.54, 1.807) is 48.5 Å². The van der Waals surface area contributed by atoms with Gasteiger partial charge in [-0.25, -0.2) is 4.79 Å². The number of nitrogens with one attached hydrogen (secondary N) is 1. The Labute approximate surface area is 151 Å². The van der Waals surface area contributed by atoms with Gasteiger partial charge in [0.1, 0.15) is 0 Å². The molecule has 0 saturated heterocycles. The molecule has 0 aliphatic rings. The van der Waals surface area contributed by atoms with Gasteiger partial charge in [-0.15, -0.1) is 0 Å². The standard InChI is InChI=1S/C14H11Cl2N3O2S2/c15-9-1-5-11(6-2-9)22-18-13(17)21-14(20)19-23-12-7-3-10(16)4-8-12/h1-8H,(H2,17,18)(H,19,20). The quantitative estimate of drug-likeness (QED) is 0.449. The van der Waals surface area contributed by atoms with E-state index in [2.05, 4.69) is 9.12 Å². The Balaban J connectivity index is 1.78. The lowest BCUT2D eigenvalue weighted by atomic mass is 10.4. The van der Waals surface area contributed by atoms with Crippen molar-refractivity contribution < 1.29 is 9.53 Å². The highest BCUT2D eigenvalue weighted by Gasteiger charge is 2.06. The maximum Gasteiger partial charge on any atom is 0.425 e. The van der Waals surface area contributed by atoms with Crippen molar-refractivity contribution in [3.05, 3.63) is 58.6 Å². The summed E-state index contributed by atoms with van der Waals surface area (Å²) in [5, 5.41) is 1.24. The minimum Gasteiger partial charge on any atom is -0.375 e. The van der Waals surface area contributed by atoms with Crippen molar-refractivity contribution in [2.45, 2.75) is 9.79 Å². The summed E-state index contributed by atoms with van der Waals surface area (Å²) < 4.78 is 11.2. The van der Waals surface area contributed by atoms with E-state index < -0.39 is 6.09 Å². The zero-order valence-electron chi connectivity index (χ0n) is 11.5. The summed E-state index contributed by atoms with van der Waals surface area (Å²) in [6, 6.07) is 13.7. The Morgan fingerprint density at radius 1 is 1.00 bits per heavy atom. The van der Waals surface area contributed by atoms with Crippen molar-refractivity contribution in [2.24, 2.45) is 10.1 Å². The molecular weight excluding hydrogens is 377 g/mol. The third kappa shape index (κ3) is 6.62. The van der Waals surface area contributed by atoms with Gasteiger partial charge in [-0.3, -0.25) is 4.72 Å². The summed E-state index contributed by atoms with van der Waals surface area (Å²) in [5.74, 6) is 0. The lowest BCUT2D eigenvalue weighted by Crippen LogP contribution is -2.26. The maximum absolute atomic E-state index is 11.6. The topological polar surface area (TPSA) is 76.7 Å². The number of halogens is 2. The second-order valence-corrected chi connectivity index (χ2v) is 6.61. The van der Waals surface area contributed by atoms with Crippen molar-refractivity contribution in [2.75, 3.05) is 0 Å². The highest BCUT2D eigenvalue weighted by molar-refractivity contribution is 7.98. The molecule has 0 aliphatic heterocycles. The summed E-state index contributed by atoms with van der Waals surface area (Å²) in [5.41, 5.74) is 5.53. The fraction of sp³-hybridized carbons (Fsp3) is 0. The van der Waals surface area contributed by atoms with E-state index in [0.717, 1.165) is 33.7 Å². The molecule has 0 aliphatic carbocycles. The molecule has 0 heterocycles. The number of benzene rings is 2. The molecule has 2 aromatic rings. The van der Waals surface area contributed by atoms with Gasteiger partial charge < -0.3 is 10.5 Å². The third-order valence-electron chi connectivity index (χ3n) is 2.32. The molecule has 1 amide bonds. The number of rotatable bonds is 4. The van der Waals surface area contributed by atoms with Crippen LogP contribution in [0.3, 0.4) is 0 Å². The predicted molar refractivity (Wildman–Crippen MR) is 95.9 cm³/mol. The van der Waals surface area contributed by atoms with Gasteiger partial charge in [0.25, 0.3) is 0 Å². The summed E-state index contributed by atoms with van der Waals surface area (Å²) in [6.07, 6.45) is -0.720. The van der Waals surface area contributed by atoms with Gasteiger partial charge in [0.15, 0.2) is 0 Å². The number of nitrogens with two attached hydrogens (primary N) is 1. The van der Waals surface area contributed by atoms with Gasteiger partial charge in [0.2, 0.25) is 0 Å². The third-order valence-corrected chi connectivity index (χ3v) is 4.35. The lowest BCUT2D eigenvalue weighted by molar-refractivity contribution is 0.204. The molecule has 0 radical (unpaired) electrons. The van der Waals surface area contributed by atoms with E-state index in [1.807, 2.05) is 0 Å². The normalized spacial score (nSPS) is 11.1. The Bertz CT molecular complexity index is 694. The van der Waals surface area contributed by atoms with Crippen LogP contribution in [0.1, 0.15) is 0 Å². The number of amides is 1. The zero-order chi connectivity index (χ0) is 16.7. The van der Waals surface area contributed by atoms with Crippen LogP contribution in [0.15, 0.2) is 62.7 Å². The number of ether oxygens (including phenoxy) is 1. The van der Waals surface area contributed by atoms with Gasteiger partial charge >= 0.3 is 12.1 Å². The molecule has 9 heteroatoms. The predicted octanol–water partition coefficient (Wildman–Crippen LogP) is 4.75. The van der Waals surface area contributed by atoms with Crippen LogP contribution >= 0.6 is 47.1 Å². The molecule has 23 heavy (non-hydrogen) atoms. The van der Waals surface area contributed by atoms with E-state index >= 15 is 0 Å². The number of carbonyl (C=O) groups excluding carboxylic acids is 1. The molecule has 120 valence electrons. The fourth-order valence-electron chi connectivity index (χ4n) is 1.33. The van der Waals surface area contributed by atoms with Crippen molar-refractivity contribution >= 4 is 59.2 Å². The first-order valence-electron chi connectivity index (χ1n) is 6.19. The highest BCUT2D eigenvalue weighted by Crippen LogP contribution is 2.21. The maximum atomic E-state index is 11.6. The number of nitrogens with zero attached hydrogens (tertiary/aromatic N) is 1. The minimum absolute atomic E-state index is 0.251. The molecule has 5 nitrogen and oxygen atoms in total. The van der Waals surface area contributed by atoms with Crippen LogP contribution in [-0.4, -0.2) is 12.1 Å².